The highest BCUT2D eigenvalue weighted by atomic mass is 32.1. The van der Waals surface area contributed by atoms with E-state index in [0.717, 1.165) is 29.0 Å². The zero-order valence-corrected chi connectivity index (χ0v) is 14.6. The van der Waals surface area contributed by atoms with E-state index >= 15 is 0 Å². The number of rotatable bonds is 6. The normalized spacial score (nSPS) is 26.3. The van der Waals surface area contributed by atoms with Gasteiger partial charge in [-0.05, 0) is 51.7 Å². The van der Waals surface area contributed by atoms with Gasteiger partial charge in [0, 0.05) is 4.78 Å². The van der Waals surface area contributed by atoms with E-state index in [9.17, 15) is 4.39 Å². The van der Waals surface area contributed by atoms with E-state index in [1.807, 2.05) is 0 Å². The third-order valence-corrected chi connectivity index (χ3v) is 5.66. The highest BCUT2D eigenvalue weighted by molar-refractivity contribution is 7.21. The summed E-state index contributed by atoms with van der Waals surface area (Å²) in [5, 5.41) is -0.194. The zero-order chi connectivity index (χ0) is 15.7. The number of halogens is 1. The smallest absolute Gasteiger partial charge is 0.399 e. The SMILES string of the molecule is CCCC(C)CCC1(C)OB(c2ccc(F)s2)OC1(C)C. The van der Waals surface area contributed by atoms with Gasteiger partial charge in [0.05, 0.1) is 11.2 Å². The monoisotopic (exact) mass is 312 g/mol. The molecule has 1 fully saturated rings. The molecule has 2 rings (SSSR count). The molecule has 0 amide bonds. The van der Waals surface area contributed by atoms with Crippen LogP contribution >= 0.6 is 11.3 Å². The lowest BCUT2D eigenvalue weighted by molar-refractivity contribution is -0.0194. The average molecular weight is 312 g/mol. The van der Waals surface area contributed by atoms with Crippen LogP contribution in [0.5, 0.6) is 0 Å². The van der Waals surface area contributed by atoms with E-state index in [1.165, 1.54) is 18.9 Å². The van der Waals surface area contributed by atoms with Crippen molar-refractivity contribution in [1.29, 1.82) is 0 Å². The zero-order valence-electron chi connectivity index (χ0n) is 13.7. The topological polar surface area (TPSA) is 18.5 Å². The molecule has 0 aromatic carbocycles. The molecule has 5 heteroatoms. The molecule has 0 radical (unpaired) electrons. The van der Waals surface area contributed by atoms with E-state index in [2.05, 4.69) is 34.6 Å². The van der Waals surface area contributed by atoms with Crippen LogP contribution in [-0.2, 0) is 9.31 Å². The third kappa shape index (κ3) is 3.69. The van der Waals surface area contributed by atoms with Gasteiger partial charge in [-0.1, -0.05) is 26.7 Å². The Bertz CT molecular complexity index is 477. The highest BCUT2D eigenvalue weighted by Gasteiger charge is 2.54. The van der Waals surface area contributed by atoms with Crippen molar-refractivity contribution >= 4 is 23.2 Å². The second-order valence-electron chi connectivity index (χ2n) is 6.88. The number of thiophene rings is 1. The second kappa shape index (κ2) is 6.39. The molecule has 1 aromatic heterocycles. The summed E-state index contributed by atoms with van der Waals surface area (Å²) >= 11 is 1.10. The molecular formula is C16H26BFO2S. The van der Waals surface area contributed by atoms with Crippen molar-refractivity contribution in [3.63, 3.8) is 0 Å². The first kappa shape index (κ1) is 17.0. The van der Waals surface area contributed by atoms with Gasteiger partial charge in [-0.3, -0.25) is 0 Å². The molecule has 2 heterocycles. The van der Waals surface area contributed by atoms with Crippen LogP contribution in [0.1, 0.15) is 60.3 Å². The molecule has 2 nitrogen and oxygen atoms in total. The first-order valence-corrected chi connectivity index (χ1v) is 8.70. The first-order chi connectivity index (χ1) is 9.77. The minimum atomic E-state index is -0.444. The van der Waals surface area contributed by atoms with Crippen LogP contribution < -0.4 is 4.78 Å². The minimum absolute atomic E-state index is 0.194. The Morgan fingerprint density at radius 2 is 1.95 bits per heavy atom. The summed E-state index contributed by atoms with van der Waals surface area (Å²) in [4.78, 5) is 0. The lowest BCUT2D eigenvalue weighted by Gasteiger charge is -2.37. The van der Waals surface area contributed by atoms with Crippen LogP contribution in [0.15, 0.2) is 12.1 Å². The Hall–Kier alpha value is -0.385. The van der Waals surface area contributed by atoms with Gasteiger partial charge in [0.1, 0.15) is 0 Å². The summed E-state index contributed by atoms with van der Waals surface area (Å²) < 4.78 is 26.3. The van der Waals surface area contributed by atoms with Gasteiger partial charge in [0.15, 0.2) is 5.13 Å². The summed E-state index contributed by atoms with van der Waals surface area (Å²) in [6, 6.07) is 3.23. The Balaban J connectivity index is 2.05. The van der Waals surface area contributed by atoms with Crippen LogP contribution in [0, 0.1) is 11.0 Å². The van der Waals surface area contributed by atoms with Crippen molar-refractivity contribution in [2.75, 3.05) is 0 Å². The lowest BCUT2D eigenvalue weighted by Crippen LogP contribution is -2.45. The van der Waals surface area contributed by atoms with Crippen molar-refractivity contribution in [2.45, 2.75) is 71.5 Å². The second-order valence-corrected chi connectivity index (χ2v) is 7.95. The lowest BCUT2D eigenvalue weighted by atomic mass is 9.81. The molecule has 118 valence electrons. The molecule has 0 N–H and O–H groups in total. The molecule has 0 saturated carbocycles. The van der Waals surface area contributed by atoms with Gasteiger partial charge in [-0.2, -0.15) is 4.39 Å². The Morgan fingerprint density at radius 1 is 1.24 bits per heavy atom. The predicted octanol–water partition coefficient (Wildman–Crippen LogP) is 4.38. The quantitative estimate of drug-likeness (QED) is 0.726. The summed E-state index contributed by atoms with van der Waals surface area (Å²) in [6.45, 7) is 10.8. The molecule has 21 heavy (non-hydrogen) atoms. The maximum Gasteiger partial charge on any atom is 0.505 e. The molecule has 0 bridgehead atoms. The fourth-order valence-electron chi connectivity index (χ4n) is 2.88. The maximum absolute atomic E-state index is 13.2. The summed E-state index contributed by atoms with van der Waals surface area (Å²) in [7, 11) is -0.444. The van der Waals surface area contributed by atoms with Crippen LogP contribution in [0.25, 0.3) is 0 Å². The van der Waals surface area contributed by atoms with Crippen molar-refractivity contribution in [3.05, 3.63) is 17.3 Å². The van der Waals surface area contributed by atoms with Crippen molar-refractivity contribution in [2.24, 2.45) is 5.92 Å². The molecule has 1 aromatic rings. The molecule has 0 spiro atoms. The van der Waals surface area contributed by atoms with Crippen LogP contribution in [-0.4, -0.2) is 18.3 Å². The summed E-state index contributed by atoms with van der Waals surface area (Å²) in [5.74, 6) is 0.699. The van der Waals surface area contributed by atoms with Gasteiger partial charge in [0.25, 0.3) is 0 Å². The fraction of sp³-hybridized carbons (Fsp3) is 0.750. The van der Waals surface area contributed by atoms with Gasteiger partial charge in [-0.25, -0.2) is 0 Å². The maximum atomic E-state index is 13.2. The van der Waals surface area contributed by atoms with Gasteiger partial charge in [0.2, 0.25) is 0 Å². The van der Waals surface area contributed by atoms with Crippen molar-refractivity contribution in [1.82, 2.24) is 0 Å². The van der Waals surface area contributed by atoms with E-state index in [0.29, 0.717) is 5.92 Å². The fourth-order valence-corrected chi connectivity index (χ4v) is 3.57. The molecule has 1 aliphatic heterocycles. The first-order valence-electron chi connectivity index (χ1n) is 7.88. The van der Waals surface area contributed by atoms with Crippen molar-refractivity contribution in [3.8, 4) is 0 Å². The largest absolute Gasteiger partial charge is 0.505 e. The molecule has 2 atom stereocenters. The molecule has 2 unspecified atom stereocenters. The van der Waals surface area contributed by atoms with Crippen LogP contribution in [0.3, 0.4) is 0 Å². The molecule has 0 aliphatic carbocycles. The van der Waals surface area contributed by atoms with E-state index < -0.39 is 7.12 Å². The summed E-state index contributed by atoms with van der Waals surface area (Å²) in [5.41, 5.74) is -0.704. The number of hydrogen-bond donors (Lipinski definition) is 0. The van der Waals surface area contributed by atoms with Crippen LogP contribution in [0.4, 0.5) is 4.39 Å². The Labute approximate surface area is 132 Å². The summed E-state index contributed by atoms with van der Waals surface area (Å²) in [6.07, 6.45) is 4.56. The average Bonchev–Trinajstić information content (AvgIpc) is 2.91. The Morgan fingerprint density at radius 3 is 2.52 bits per heavy atom. The van der Waals surface area contributed by atoms with E-state index in [1.54, 1.807) is 6.07 Å². The molecule has 1 saturated heterocycles. The van der Waals surface area contributed by atoms with E-state index in [4.69, 9.17) is 9.31 Å². The number of hydrogen-bond acceptors (Lipinski definition) is 3. The van der Waals surface area contributed by atoms with Gasteiger partial charge >= 0.3 is 7.12 Å². The van der Waals surface area contributed by atoms with Crippen LogP contribution in [0.2, 0.25) is 0 Å². The third-order valence-electron chi connectivity index (χ3n) is 4.76. The standard InChI is InChI=1S/C16H26BFO2S/c1-6-7-12(2)10-11-16(5)15(3,4)19-17(20-16)13-8-9-14(18)21-13/h8-9,12H,6-7,10-11H2,1-5H3. The van der Waals surface area contributed by atoms with Crippen molar-refractivity contribution < 1.29 is 13.7 Å². The highest BCUT2D eigenvalue weighted by Crippen LogP contribution is 2.41. The molecular weight excluding hydrogens is 286 g/mol. The minimum Gasteiger partial charge on any atom is -0.399 e. The molecule has 1 aliphatic rings. The van der Waals surface area contributed by atoms with Gasteiger partial charge < -0.3 is 9.31 Å². The Kier molecular flexibility index (Phi) is 5.17. The van der Waals surface area contributed by atoms with Gasteiger partial charge in [-0.15, -0.1) is 11.3 Å². The van der Waals surface area contributed by atoms with E-state index in [-0.39, 0.29) is 16.3 Å². The predicted molar refractivity (Wildman–Crippen MR) is 87.6 cm³/mol.